The Morgan fingerprint density at radius 3 is 2.56 bits per heavy atom. The van der Waals surface area contributed by atoms with Crippen LogP contribution in [0.1, 0.15) is 5.56 Å². The van der Waals surface area contributed by atoms with Gasteiger partial charge >= 0.3 is 5.63 Å². The third-order valence-electron chi connectivity index (χ3n) is 2.49. The lowest BCUT2D eigenvalue weighted by Gasteiger charge is -2.11. The maximum Gasteiger partial charge on any atom is 0.336 e. The van der Waals surface area contributed by atoms with Gasteiger partial charge < -0.3 is 13.9 Å². The molecule has 0 atom stereocenters. The van der Waals surface area contributed by atoms with Gasteiger partial charge in [-0.3, -0.25) is 0 Å². The van der Waals surface area contributed by atoms with Crippen molar-refractivity contribution in [1.29, 1.82) is 0 Å². The summed E-state index contributed by atoms with van der Waals surface area (Å²) >= 11 is 0. The SMILES string of the molecule is COc1cc2ccc(=O)oc2c(OC)c1C. The zero-order valence-corrected chi connectivity index (χ0v) is 9.37. The van der Waals surface area contributed by atoms with Crippen molar-refractivity contribution in [3.63, 3.8) is 0 Å². The van der Waals surface area contributed by atoms with Gasteiger partial charge in [0.2, 0.25) is 0 Å². The first-order valence-electron chi connectivity index (χ1n) is 4.83. The fourth-order valence-corrected chi connectivity index (χ4v) is 1.71. The van der Waals surface area contributed by atoms with E-state index in [4.69, 9.17) is 13.9 Å². The van der Waals surface area contributed by atoms with Crippen LogP contribution in [0.4, 0.5) is 0 Å². The minimum Gasteiger partial charge on any atom is -0.496 e. The van der Waals surface area contributed by atoms with Crippen LogP contribution in [0.2, 0.25) is 0 Å². The molecule has 0 fully saturated rings. The van der Waals surface area contributed by atoms with E-state index in [0.717, 1.165) is 10.9 Å². The van der Waals surface area contributed by atoms with Crippen LogP contribution in [0.5, 0.6) is 11.5 Å². The second-order valence-electron chi connectivity index (χ2n) is 3.41. The largest absolute Gasteiger partial charge is 0.496 e. The van der Waals surface area contributed by atoms with E-state index in [-0.39, 0.29) is 0 Å². The molecule has 0 spiro atoms. The van der Waals surface area contributed by atoms with Gasteiger partial charge in [-0.1, -0.05) is 0 Å². The molecule has 1 aromatic heterocycles. The van der Waals surface area contributed by atoms with E-state index < -0.39 is 5.63 Å². The van der Waals surface area contributed by atoms with Gasteiger partial charge in [-0.05, 0) is 19.1 Å². The van der Waals surface area contributed by atoms with Crippen LogP contribution in [0, 0.1) is 6.92 Å². The molecule has 0 unspecified atom stereocenters. The van der Waals surface area contributed by atoms with E-state index in [2.05, 4.69) is 0 Å². The zero-order valence-electron chi connectivity index (χ0n) is 9.37. The molecule has 0 aliphatic heterocycles. The van der Waals surface area contributed by atoms with Crippen molar-refractivity contribution < 1.29 is 13.9 Å². The van der Waals surface area contributed by atoms with Crippen LogP contribution >= 0.6 is 0 Å². The van der Waals surface area contributed by atoms with Gasteiger partial charge in [-0.2, -0.15) is 0 Å². The van der Waals surface area contributed by atoms with Gasteiger partial charge in [-0.25, -0.2) is 4.79 Å². The van der Waals surface area contributed by atoms with E-state index in [1.807, 2.05) is 13.0 Å². The average molecular weight is 220 g/mol. The Hall–Kier alpha value is -1.97. The van der Waals surface area contributed by atoms with Crippen molar-refractivity contribution in [1.82, 2.24) is 0 Å². The van der Waals surface area contributed by atoms with Gasteiger partial charge in [-0.15, -0.1) is 0 Å². The van der Waals surface area contributed by atoms with Gasteiger partial charge in [0.1, 0.15) is 5.75 Å². The zero-order chi connectivity index (χ0) is 11.7. The van der Waals surface area contributed by atoms with Crippen LogP contribution in [-0.4, -0.2) is 14.2 Å². The number of benzene rings is 1. The summed E-state index contributed by atoms with van der Waals surface area (Å²) in [7, 11) is 3.13. The Balaban J connectivity index is 2.90. The highest BCUT2D eigenvalue weighted by Crippen LogP contribution is 2.35. The van der Waals surface area contributed by atoms with E-state index in [1.54, 1.807) is 13.2 Å². The molecule has 0 amide bonds. The van der Waals surface area contributed by atoms with Crippen LogP contribution in [0.3, 0.4) is 0 Å². The molecule has 0 aliphatic carbocycles. The molecule has 1 aromatic carbocycles. The highest BCUT2D eigenvalue weighted by molar-refractivity contribution is 5.86. The van der Waals surface area contributed by atoms with E-state index in [1.165, 1.54) is 13.2 Å². The maximum atomic E-state index is 11.2. The average Bonchev–Trinajstić information content (AvgIpc) is 2.28. The molecular weight excluding hydrogens is 208 g/mol. The minimum atomic E-state index is -0.393. The number of methoxy groups -OCH3 is 2. The summed E-state index contributed by atoms with van der Waals surface area (Å²) in [5.41, 5.74) is 0.871. The molecule has 4 heteroatoms. The molecule has 2 aromatic rings. The molecule has 84 valence electrons. The standard InChI is InChI=1S/C12H12O4/c1-7-9(14-2)6-8-4-5-10(13)16-12(8)11(7)15-3/h4-6H,1-3H3. The third-order valence-corrected chi connectivity index (χ3v) is 2.49. The van der Waals surface area contributed by atoms with Gasteiger partial charge in [0.25, 0.3) is 0 Å². The maximum absolute atomic E-state index is 11.2. The lowest BCUT2D eigenvalue weighted by atomic mass is 10.1. The lowest BCUT2D eigenvalue weighted by Crippen LogP contribution is -1.99. The quantitative estimate of drug-likeness (QED) is 0.727. The number of hydrogen-bond donors (Lipinski definition) is 0. The van der Waals surface area contributed by atoms with E-state index in [9.17, 15) is 4.79 Å². The van der Waals surface area contributed by atoms with Crippen LogP contribution in [-0.2, 0) is 0 Å². The van der Waals surface area contributed by atoms with Gasteiger partial charge in [0, 0.05) is 17.0 Å². The first-order chi connectivity index (χ1) is 7.67. The Kier molecular flexibility index (Phi) is 2.56. The first kappa shape index (κ1) is 10.5. The van der Waals surface area contributed by atoms with Crippen molar-refractivity contribution in [3.05, 3.63) is 34.2 Å². The summed E-state index contributed by atoms with van der Waals surface area (Å²) in [6, 6.07) is 4.87. The van der Waals surface area contributed by atoms with Crippen molar-refractivity contribution >= 4 is 11.0 Å². The summed E-state index contributed by atoms with van der Waals surface area (Å²) in [4.78, 5) is 11.2. The molecule has 0 radical (unpaired) electrons. The number of ether oxygens (including phenoxy) is 2. The van der Waals surface area contributed by atoms with E-state index >= 15 is 0 Å². The van der Waals surface area contributed by atoms with Gasteiger partial charge in [0.05, 0.1) is 14.2 Å². The molecule has 1 heterocycles. The molecule has 0 bridgehead atoms. The summed E-state index contributed by atoms with van der Waals surface area (Å²) < 4.78 is 15.6. The van der Waals surface area contributed by atoms with Crippen molar-refractivity contribution in [2.75, 3.05) is 14.2 Å². The molecule has 0 saturated heterocycles. The number of rotatable bonds is 2. The summed E-state index contributed by atoms with van der Waals surface area (Å²) in [6.45, 7) is 1.85. The fourth-order valence-electron chi connectivity index (χ4n) is 1.71. The lowest BCUT2D eigenvalue weighted by molar-refractivity contribution is 0.385. The highest BCUT2D eigenvalue weighted by atomic mass is 16.5. The highest BCUT2D eigenvalue weighted by Gasteiger charge is 2.13. The summed E-state index contributed by atoms with van der Waals surface area (Å²) in [6.07, 6.45) is 0. The second-order valence-corrected chi connectivity index (χ2v) is 3.41. The van der Waals surface area contributed by atoms with Crippen molar-refractivity contribution in [3.8, 4) is 11.5 Å². The molecule has 16 heavy (non-hydrogen) atoms. The molecule has 4 nitrogen and oxygen atoms in total. The Morgan fingerprint density at radius 2 is 1.94 bits per heavy atom. The van der Waals surface area contributed by atoms with E-state index in [0.29, 0.717) is 17.1 Å². The topological polar surface area (TPSA) is 48.7 Å². The first-order valence-corrected chi connectivity index (χ1v) is 4.83. The predicted molar refractivity (Wildman–Crippen MR) is 60.3 cm³/mol. The van der Waals surface area contributed by atoms with Crippen molar-refractivity contribution in [2.45, 2.75) is 6.92 Å². The summed E-state index contributed by atoms with van der Waals surface area (Å²) in [5.74, 6) is 1.24. The Bertz CT molecular complexity index is 583. The fraction of sp³-hybridized carbons (Fsp3) is 0.250. The second kappa shape index (κ2) is 3.89. The van der Waals surface area contributed by atoms with Crippen LogP contribution in [0.25, 0.3) is 11.0 Å². The molecule has 0 N–H and O–H groups in total. The normalized spacial score (nSPS) is 10.4. The van der Waals surface area contributed by atoms with Gasteiger partial charge in [0.15, 0.2) is 11.3 Å². The minimum absolute atomic E-state index is 0.393. The predicted octanol–water partition coefficient (Wildman–Crippen LogP) is 2.12. The smallest absolute Gasteiger partial charge is 0.336 e. The number of fused-ring (bicyclic) bond motifs is 1. The Labute approximate surface area is 92.4 Å². The van der Waals surface area contributed by atoms with Crippen molar-refractivity contribution in [2.24, 2.45) is 0 Å². The molecule has 0 aliphatic rings. The van der Waals surface area contributed by atoms with Crippen LogP contribution in [0.15, 0.2) is 27.4 Å². The Morgan fingerprint density at radius 1 is 1.19 bits per heavy atom. The van der Waals surface area contributed by atoms with Crippen LogP contribution < -0.4 is 15.1 Å². The molecular formula is C12H12O4. The monoisotopic (exact) mass is 220 g/mol. The third kappa shape index (κ3) is 1.52. The molecule has 0 saturated carbocycles. The summed E-state index contributed by atoms with van der Waals surface area (Å²) in [5, 5.41) is 0.777. The molecule has 2 rings (SSSR count). The number of hydrogen-bond acceptors (Lipinski definition) is 4.